The smallest absolute Gasteiger partial charge is 0.340 e. The zero-order valence-corrected chi connectivity index (χ0v) is 6.97. The lowest BCUT2D eigenvalue weighted by atomic mass is 9.91. The summed E-state index contributed by atoms with van der Waals surface area (Å²) < 4.78 is 0. The number of rotatable bonds is 2. The van der Waals surface area contributed by atoms with E-state index in [1.807, 2.05) is 0 Å². The number of carboxylic acids is 2. The Morgan fingerprint density at radius 2 is 1.93 bits per heavy atom. The molecule has 0 spiro atoms. The van der Waals surface area contributed by atoms with Crippen LogP contribution in [-0.4, -0.2) is 38.0 Å². The van der Waals surface area contributed by atoms with Crippen LogP contribution in [-0.2, 0) is 9.59 Å². The Labute approximate surface area is 78.4 Å². The minimum atomic E-state index is -2.22. The summed E-state index contributed by atoms with van der Waals surface area (Å²) >= 11 is 0. The number of carbonyl (C=O) groups is 2. The van der Waals surface area contributed by atoms with Gasteiger partial charge in [0.25, 0.3) is 0 Å². The first-order valence-corrected chi connectivity index (χ1v) is 3.68. The first-order valence-electron chi connectivity index (χ1n) is 3.68. The van der Waals surface area contributed by atoms with Gasteiger partial charge in [0, 0.05) is 12.5 Å². The molecule has 0 radical (unpaired) electrons. The number of hydrogen-bond donors (Lipinski definition) is 4. The van der Waals surface area contributed by atoms with E-state index in [1.54, 1.807) is 0 Å². The fourth-order valence-electron chi connectivity index (χ4n) is 1.07. The van der Waals surface area contributed by atoms with E-state index in [9.17, 15) is 14.7 Å². The summed E-state index contributed by atoms with van der Waals surface area (Å²) in [6.07, 6.45) is 1.19. The van der Waals surface area contributed by atoms with Crippen molar-refractivity contribution in [3.63, 3.8) is 0 Å². The van der Waals surface area contributed by atoms with E-state index in [4.69, 9.17) is 15.3 Å². The molecule has 4 N–H and O–H groups in total. The molecule has 76 valence electrons. The van der Waals surface area contributed by atoms with Gasteiger partial charge in [-0.1, -0.05) is 6.08 Å². The lowest BCUT2D eigenvalue weighted by Gasteiger charge is -2.21. The highest BCUT2D eigenvalue weighted by Gasteiger charge is 2.37. The summed E-state index contributed by atoms with van der Waals surface area (Å²) in [7, 11) is 0. The lowest BCUT2D eigenvalue weighted by Crippen LogP contribution is -2.38. The Morgan fingerprint density at radius 1 is 1.36 bits per heavy atom. The van der Waals surface area contributed by atoms with Crippen LogP contribution in [0.4, 0.5) is 0 Å². The van der Waals surface area contributed by atoms with E-state index in [0.29, 0.717) is 6.08 Å². The highest BCUT2D eigenvalue weighted by Crippen LogP contribution is 2.25. The summed E-state index contributed by atoms with van der Waals surface area (Å²) in [5.74, 6) is -3.65. The molecule has 0 fully saturated rings. The molecule has 6 heteroatoms. The fourth-order valence-corrected chi connectivity index (χ4v) is 1.07. The third kappa shape index (κ3) is 1.60. The van der Waals surface area contributed by atoms with Crippen molar-refractivity contribution in [3.8, 4) is 0 Å². The molecule has 1 aliphatic carbocycles. The van der Waals surface area contributed by atoms with Gasteiger partial charge in [-0.3, -0.25) is 0 Å². The Bertz CT molecular complexity index is 353. The lowest BCUT2D eigenvalue weighted by molar-refractivity contribution is -0.153. The molecule has 1 atom stereocenters. The van der Waals surface area contributed by atoms with Gasteiger partial charge in [0.15, 0.2) is 5.60 Å². The molecule has 6 nitrogen and oxygen atoms in total. The third-order valence-corrected chi connectivity index (χ3v) is 1.87. The maximum Gasteiger partial charge on any atom is 0.340 e. The van der Waals surface area contributed by atoms with E-state index in [2.05, 4.69) is 0 Å². The molecule has 0 amide bonds. The van der Waals surface area contributed by atoms with Crippen LogP contribution in [0.3, 0.4) is 0 Å². The average molecular weight is 200 g/mol. The van der Waals surface area contributed by atoms with Gasteiger partial charge in [-0.05, 0) is 0 Å². The zero-order chi connectivity index (χ0) is 10.9. The van der Waals surface area contributed by atoms with E-state index >= 15 is 0 Å². The summed E-state index contributed by atoms with van der Waals surface area (Å²) in [4.78, 5) is 21.0. The van der Waals surface area contributed by atoms with Gasteiger partial charge in [-0.2, -0.15) is 0 Å². The molecule has 0 aliphatic heterocycles. The van der Waals surface area contributed by atoms with Gasteiger partial charge in [0.1, 0.15) is 5.76 Å². The van der Waals surface area contributed by atoms with Gasteiger partial charge in [0.05, 0.1) is 5.57 Å². The molecule has 0 aromatic rings. The van der Waals surface area contributed by atoms with Crippen molar-refractivity contribution >= 4 is 11.9 Å². The molecule has 0 aromatic carbocycles. The Morgan fingerprint density at radius 3 is 2.29 bits per heavy atom. The standard InChI is InChI=1S/C8H8O6/c9-5-3-8(14,7(12)13)2-1-4(5)6(10)11/h1,3,9,14H,2H2,(H,10,11)(H,12,13). The molecule has 0 heterocycles. The van der Waals surface area contributed by atoms with E-state index < -0.39 is 28.9 Å². The molecule has 1 rings (SSSR count). The number of aliphatic hydroxyl groups is 2. The van der Waals surface area contributed by atoms with Crippen molar-refractivity contribution in [2.45, 2.75) is 12.0 Å². The maximum atomic E-state index is 10.5. The molecule has 1 unspecified atom stereocenters. The van der Waals surface area contributed by atoms with E-state index in [1.165, 1.54) is 0 Å². The van der Waals surface area contributed by atoms with Crippen LogP contribution in [0.15, 0.2) is 23.5 Å². The molecule has 0 aromatic heterocycles. The predicted octanol–water partition coefficient (Wildman–Crippen LogP) is -0.341. The van der Waals surface area contributed by atoms with E-state index in [-0.39, 0.29) is 6.42 Å². The average Bonchev–Trinajstić information content (AvgIpc) is 2.02. The topological polar surface area (TPSA) is 115 Å². The summed E-state index contributed by atoms with van der Waals surface area (Å²) in [6, 6.07) is 0. The largest absolute Gasteiger partial charge is 0.507 e. The number of aliphatic hydroxyl groups excluding tert-OH is 1. The molecule has 0 saturated carbocycles. The molecular formula is C8H8O6. The highest BCUT2D eigenvalue weighted by molar-refractivity contribution is 5.93. The summed E-state index contributed by atoms with van der Waals surface area (Å²) in [5, 5.41) is 35.5. The van der Waals surface area contributed by atoms with Crippen LogP contribution in [0, 0.1) is 0 Å². The van der Waals surface area contributed by atoms with Crippen molar-refractivity contribution in [1.82, 2.24) is 0 Å². The van der Waals surface area contributed by atoms with Gasteiger partial charge in [-0.25, -0.2) is 9.59 Å². The summed E-state index contributed by atoms with van der Waals surface area (Å²) in [5.41, 5.74) is -2.63. The fraction of sp³-hybridized carbons (Fsp3) is 0.250. The summed E-state index contributed by atoms with van der Waals surface area (Å²) in [6.45, 7) is 0. The third-order valence-electron chi connectivity index (χ3n) is 1.87. The van der Waals surface area contributed by atoms with Crippen molar-refractivity contribution in [1.29, 1.82) is 0 Å². The Hall–Kier alpha value is -1.82. The highest BCUT2D eigenvalue weighted by atomic mass is 16.4. The minimum absolute atomic E-state index is 0.381. The van der Waals surface area contributed by atoms with Gasteiger partial charge in [0.2, 0.25) is 0 Å². The molecular weight excluding hydrogens is 192 g/mol. The van der Waals surface area contributed by atoms with Crippen LogP contribution < -0.4 is 0 Å². The Balaban J connectivity index is 3.03. The SMILES string of the molecule is O=C(O)C1=CCC(O)(C(=O)O)C=C1O. The van der Waals surface area contributed by atoms with Gasteiger partial charge in [-0.15, -0.1) is 0 Å². The maximum absolute atomic E-state index is 10.5. The Kier molecular flexibility index (Phi) is 2.31. The molecule has 0 bridgehead atoms. The van der Waals surface area contributed by atoms with Gasteiger partial charge < -0.3 is 20.4 Å². The first-order chi connectivity index (χ1) is 6.37. The second-order valence-electron chi connectivity index (χ2n) is 2.89. The number of aliphatic carboxylic acids is 2. The monoisotopic (exact) mass is 200 g/mol. The van der Waals surface area contributed by atoms with Crippen molar-refractivity contribution in [2.24, 2.45) is 0 Å². The van der Waals surface area contributed by atoms with E-state index in [0.717, 1.165) is 6.08 Å². The van der Waals surface area contributed by atoms with Crippen LogP contribution >= 0.6 is 0 Å². The van der Waals surface area contributed by atoms with Crippen molar-refractivity contribution < 1.29 is 30.0 Å². The van der Waals surface area contributed by atoms with Gasteiger partial charge >= 0.3 is 11.9 Å². The number of hydrogen-bond acceptors (Lipinski definition) is 4. The first kappa shape index (κ1) is 10.3. The quantitative estimate of drug-likeness (QED) is 0.484. The molecule has 1 aliphatic rings. The second-order valence-corrected chi connectivity index (χ2v) is 2.89. The molecule has 14 heavy (non-hydrogen) atoms. The van der Waals surface area contributed by atoms with Crippen LogP contribution in [0.5, 0.6) is 0 Å². The number of carboxylic acid groups (broad SMARTS) is 2. The van der Waals surface area contributed by atoms with Crippen molar-refractivity contribution in [3.05, 3.63) is 23.5 Å². The zero-order valence-electron chi connectivity index (χ0n) is 6.97. The van der Waals surface area contributed by atoms with Crippen LogP contribution in [0.1, 0.15) is 6.42 Å². The minimum Gasteiger partial charge on any atom is -0.507 e. The van der Waals surface area contributed by atoms with Crippen LogP contribution in [0.25, 0.3) is 0 Å². The van der Waals surface area contributed by atoms with Crippen molar-refractivity contribution in [2.75, 3.05) is 0 Å². The molecule has 0 saturated heterocycles. The predicted molar refractivity (Wildman–Crippen MR) is 43.6 cm³/mol. The second kappa shape index (κ2) is 3.15. The van der Waals surface area contributed by atoms with Crippen LogP contribution in [0.2, 0.25) is 0 Å². The normalized spacial score (nSPS) is 26.4.